The van der Waals surface area contributed by atoms with Gasteiger partial charge in [0, 0.05) is 17.8 Å². The largest absolute Gasteiger partial charge is 0.389 e. The highest BCUT2D eigenvalue weighted by Gasteiger charge is 2.18. The van der Waals surface area contributed by atoms with Crippen molar-refractivity contribution in [3.05, 3.63) is 59.3 Å². The molecule has 1 aliphatic carbocycles. The van der Waals surface area contributed by atoms with Gasteiger partial charge in [-0.25, -0.2) is 4.98 Å². The highest BCUT2D eigenvalue weighted by molar-refractivity contribution is 7.80. The van der Waals surface area contributed by atoms with E-state index >= 15 is 0 Å². The number of aromatic nitrogens is 1. The smallest absolute Gasteiger partial charge is 0.126 e. The van der Waals surface area contributed by atoms with Crippen LogP contribution in [0.3, 0.4) is 0 Å². The number of pyridine rings is 1. The fourth-order valence-electron chi connectivity index (χ4n) is 2.66. The third-order valence-electron chi connectivity index (χ3n) is 3.75. The van der Waals surface area contributed by atoms with Gasteiger partial charge in [0.05, 0.1) is 0 Å². The molecule has 0 saturated carbocycles. The minimum Gasteiger partial charge on any atom is -0.389 e. The molecule has 102 valence electrons. The Kier molecular flexibility index (Phi) is 3.65. The van der Waals surface area contributed by atoms with Gasteiger partial charge in [0.1, 0.15) is 10.8 Å². The van der Waals surface area contributed by atoms with Crippen molar-refractivity contribution in [1.82, 2.24) is 4.98 Å². The maximum absolute atomic E-state index is 5.57. The summed E-state index contributed by atoms with van der Waals surface area (Å²) in [7, 11) is 0. The Hall–Kier alpha value is -1.94. The van der Waals surface area contributed by atoms with Crippen LogP contribution >= 0.6 is 12.2 Å². The summed E-state index contributed by atoms with van der Waals surface area (Å²) in [4.78, 5) is 4.76. The van der Waals surface area contributed by atoms with E-state index in [1.54, 1.807) is 6.20 Å². The Morgan fingerprint density at radius 2 is 2.00 bits per heavy atom. The molecule has 0 radical (unpaired) electrons. The lowest BCUT2D eigenvalue weighted by Crippen LogP contribution is -2.27. The Balaban J connectivity index is 1.69. The number of fused-ring (bicyclic) bond motifs is 1. The van der Waals surface area contributed by atoms with Crippen LogP contribution in [0.25, 0.3) is 0 Å². The van der Waals surface area contributed by atoms with Gasteiger partial charge in [-0.15, -0.1) is 0 Å². The first-order chi connectivity index (χ1) is 9.72. The molecule has 3 nitrogen and oxygen atoms in total. The third kappa shape index (κ3) is 2.80. The molecule has 0 fully saturated rings. The van der Waals surface area contributed by atoms with E-state index in [2.05, 4.69) is 34.6 Å². The van der Waals surface area contributed by atoms with Crippen LogP contribution in [0.15, 0.2) is 42.6 Å². The van der Waals surface area contributed by atoms with Crippen LogP contribution in [0.2, 0.25) is 0 Å². The van der Waals surface area contributed by atoms with Crippen molar-refractivity contribution in [3.63, 3.8) is 0 Å². The number of rotatable bonds is 3. The van der Waals surface area contributed by atoms with Crippen molar-refractivity contribution >= 4 is 23.0 Å². The molecule has 0 saturated heterocycles. The highest BCUT2D eigenvalue weighted by Crippen LogP contribution is 2.23. The van der Waals surface area contributed by atoms with Crippen molar-refractivity contribution in [2.24, 2.45) is 5.73 Å². The van der Waals surface area contributed by atoms with E-state index in [0.29, 0.717) is 11.0 Å². The molecule has 20 heavy (non-hydrogen) atoms. The Labute approximate surface area is 124 Å². The van der Waals surface area contributed by atoms with Gasteiger partial charge in [0.2, 0.25) is 0 Å². The molecule has 0 spiro atoms. The van der Waals surface area contributed by atoms with Gasteiger partial charge in [0.25, 0.3) is 0 Å². The molecule has 4 heteroatoms. The van der Waals surface area contributed by atoms with Gasteiger partial charge < -0.3 is 11.1 Å². The number of anilines is 1. The van der Waals surface area contributed by atoms with Crippen molar-refractivity contribution in [3.8, 4) is 0 Å². The van der Waals surface area contributed by atoms with Crippen molar-refractivity contribution in [2.75, 3.05) is 5.32 Å². The van der Waals surface area contributed by atoms with Crippen molar-refractivity contribution in [1.29, 1.82) is 0 Å². The van der Waals surface area contributed by atoms with Crippen LogP contribution in [0.4, 0.5) is 5.82 Å². The topological polar surface area (TPSA) is 50.9 Å². The second kappa shape index (κ2) is 5.59. The quantitative estimate of drug-likeness (QED) is 0.850. The number of hydrogen-bond acceptors (Lipinski definition) is 3. The van der Waals surface area contributed by atoms with Gasteiger partial charge in [-0.2, -0.15) is 0 Å². The molecule has 1 aromatic carbocycles. The standard InChI is InChI=1S/C16H17N3S/c17-16(20)13-6-8-15(18-10-13)19-14-7-5-11-3-1-2-4-12(11)9-14/h1-4,6,8,10,14H,5,7,9H2,(H2,17,20)(H,18,19). The average Bonchev–Trinajstić information content (AvgIpc) is 2.48. The van der Waals surface area contributed by atoms with Crippen molar-refractivity contribution < 1.29 is 0 Å². The van der Waals surface area contributed by atoms with E-state index < -0.39 is 0 Å². The van der Waals surface area contributed by atoms with E-state index in [4.69, 9.17) is 18.0 Å². The molecule has 2 aromatic rings. The number of nitrogens with zero attached hydrogens (tertiary/aromatic N) is 1. The van der Waals surface area contributed by atoms with Gasteiger partial charge in [-0.05, 0) is 42.5 Å². The first kappa shape index (κ1) is 13.1. The normalized spacial score (nSPS) is 17.3. The molecule has 1 atom stereocenters. The molecular formula is C16H17N3S. The minimum atomic E-state index is 0.385. The predicted octanol–water partition coefficient (Wildman–Crippen LogP) is 2.69. The summed E-state index contributed by atoms with van der Waals surface area (Å²) in [6.07, 6.45) is 5.03. The van der Waals surface area contributed by atoms with E-state index in [9.17, 15) is 0 Å². The maximum atomic E-state index is 5.57. The van der Waals surface area contributed by atoms with Crippen molar-refractivity contribution in [2.45, 2.75) is 25.3 Å². The number of nitrogens with one attached hydrogen (secondary N) is 1. The van der Waals surface area contributed by atoms with E-state index in [-0.39, 0.29) is 0 Å². The third-order valence-corrected chi connectivity index (χ3v) is 3.98. The molecular weight excluding hydrogens is 266 g/mol. The van der Waals surface area contributed by atoms with E-state index in [1.807, 2.05) is 12.1 Å². The second-order valence-electron chi connectivity index (χ2n) is 5.15. The van der Waals surface area contributed by atoms with Crippen LogP contribution in [0.1, 0.15) is 23.1 Å². The highest BCUT2D eigenvalue weighted by atomic mass is 32.1. The maximum Gasteiger partial charge on any atom is 0.126 e. The summed E-state index contributed by atoms with van der Waals surface area (Å²) in [6.45, 7) is 0. The SMILES string of the molecule is NC(=S)c1ccc(NC2CCc3ccccc3C2)nc1. The molecule has 1 aromatic heterocycles. The lowest BCUT2D eigenvalue weighted by molar-refractivity contribution is 0.609. The second-order valence-corrected chi connectivity index (χ2v) is 5.59. The number of hydrogen-bond donors (Lipinski definition) is 2. The summed E-state index contributed by atoms with van der Waals surface area (Å²) >= 11 is 4.93. The van der Waals surface area contributed by atoms with E-state index in [1.165, 1.54) is 11.1 Å². The molecule has 0 aliphatic heterocycles. The fourth-order valence-corrected chi connectivity index (χ4v) is 2.78. The zero-order chi connectivity index (χ0) is 13.9. The summed E-state index contributed by atoms with van der Waals surface area (Å²) in [5.74, 6) is 0.884. The van der Waals surface area contributed by atoms with Crippen LogP contribution < -0.4 is 11.1 Å². The molecule has 1 unspecified atom stereocenters. The number of nitrogens with two attached hydrogens (primary N) is 1. The van der Waals surface area contributed by atoms with Gasteiger partial charge in [0.15, 0.2) is 0 Å². The molecule has 3 rings (SSSR count). The van der Waals surface area contributed by atoms with Crippen LogP contribution in [0, 0.1) is 0 Å². The van der Waals surface area contributed by atoms with Crippen LogP contribution in [0.5, 0.6) is 0 Å². The Morgan fingerprint density at radius 1 is 1.20 bits per heavy atom. The zero-order valence-corrected chi connectivity index (χ0v) is 12.0. The molecule has 0 bridgehead atoms. The number of benzene rings is 1. The number of aryl methyl sites for hydroxylation is 1. The molecule has 1 aliphatic rings. The van der Waals surface area contributed by atoms with Gasteiger partial charge >= 0.3 is 0 Å². The van der Waals surface area contributed by atoms with Crippen LogP contribution in [-0.4, -0.2) is 16.0 Å². The lowest BCUT2D eigenvalue weighted by atomic mass is 9.88. The van der Waals surface area contributed by atoms with Gasteiger partial charge in [-0.1, -0.05) is 36.5 Å². The van der Waals surface area contributed by atoms with Crippen LogP contribution in [-0.2, 0) is 12.8 Å². The average molecular weight is 283 g/mol. The Morgan fingerprint density at radius 3 is 2.70 bits per heavy atom. The molecule has 1 heterocycles. The Bertz CT molecular complexity index is 622. The summed E-state index contributed by atoms with van der Waals surface area (Å²) < 4.78 is 0. The monoisotopic (exact) mass is 283 g/mol. The fraction of sp³-hybridized carbons (Fsp3) is 0.250. The first-order valence-corrected chi connectivity index (χ1v) is 7.22. The minimum absolute atomic E-state index is 0.385. The predicted molar refractivity (Wildman–Crippen MR) is 86.0 cm³/mol. The lowest BCUT2D eigenvalue weighted by Gasteiger charge is -2.25. The summed E-state index contributed by atoms with van der Waals surface area (Å²) in [5.41, 5.74) is 9.29. The molecule has 3 N–H and O–H groups in total. The first-order valence-electron chi connectivity index (χ1n) is 6.81. The number of thiocarbonyl (C=S) groups is 1. The molecule has 0 amide bonds. The summed E-state index contributed by atoms with van der Waals surface area (Å²) in [5, 5.41) is 3.49. The van der Waals surface area contributed by atoms with E-state index in [0.717, 1.165) is 30.6 Å². The zero-order valence-electron chi connectivity index (χ0n) is 11.2. The summed E-state index contributed by atoms with van der Waals surface area (Å²) in [6, 6.07) is 12.9. The van der Waals surface area contributed by atoms with Gasteiger partial charge in [-0.3, -0.25) is 0 Å².